The van der Waals surface area contributed by atoms with Crippen molar-refractivity contribution in [2.24, 2.45) is 0 Å². The molecule has 0 radical (unpaired) electrons. The van der Waals surface area contributed by atoms with Gasteiger partial charge in [-0.1, -0.05) is 24.4 Å². The second kappa shape index (κ2) is 9.28. The highest BCUT2D eigenvalue weighted by Gasteiger charge is 2.34. The number of amides is 1. The summed E-state index contributed by atoms with van der Waals surface area (Å²) in [7, 11) is 4.02. The number of tetrazole rings is 1. The minimum atomic E-state index is -0.316. The van der Waals surface area contributed by atoms with Gasteiger partial charge in [-0.05, 0) is 30.9 Å². The van der Waals surface area contributed by atoms with Crippen molar-refractivity contribution in [3.05, 3.63) is 12.7 Å². The molecule has 2 rings (SSSR count). The molecule has 134 valence electrons. The number of aromatic nitrogens is 4. The molecule has 2 atom stereocenters. The number of hydrogen-bond acceptors (Lipinski definition) is 8. The lowest BCUT2D eigenvalue weighted by molar-refractivity contribution is 0.111. The van der Waals surface area contributed by atoms with Gasteiger partial charge in [0.2, 0.25) is 5.16 Å². The van der Waals surface area contributed by atoms with E-state index in [0.717, 1.165) is 24.7 Å². The summed E-state index contributed by atoms with van der Waals surface area (Å²) in [6.07, 6.45) is 2.08. The number of rotatable bonds is 8. The van der Waals surface area contributed by atoms with E-state index in [1.807, 2.05) is 14.1 Å². The average Bonchev–Trinajstić information content (AvgIpc) is 3.14. The zero-order valence-electron chi connectivity index (χ0n) is 14.0. The molecule has 24 heavy (non-hydrogen) atoms. The van der Waals surface area contributed by atoms with Gasteiger partial charge in [0.1, 0.15) is 6.61 Å². The van der Waals surface area contributed by atoms with Crippen molar-refractivity contribution in [3.8, 4) is 0 Å². The lowest BCUT2D eigenvalue weighted by Gasteiger charge is -2.23. The minimum absolute atomic E-state index is 0.0637. The van der Waals surface area contributed by atoms with Crippen LogP contribution in [0.2, 0.25) is 0 Å². The van der Waals surface area contributed by atoms with E-state index in [-0.39, 0.29) is 24.0 Å². The Hall–Kier alpha value is -1.26. The number of ether oxygens (including phenoxy) is 1. The Morgan fingerprint density at radius 3 is 3.08 bits per heavy atom. The van der Waals surface area contributed by atoms with Crippen molar-refractivity contribution in [2.75, 3.05) is 39.5 Å². The fourth-order valence-electron chi connectivity index (χ4n) is 2.39. The van der Waals surface area contributed by atoms with Crippen LogP contribution >= 0.6 is 24.4 Å². The molecule has 1 saturated heterocycles. The first-order valence-corrected chi connectivity index (χ1v) is 9.27. The Morgan fingerprint density at radius 1 is 1.58 bits per heavy atom. The molecule has 10 heteroatoms. The molecule has 0 N–H and O–H groups in total. The van der Waals surface area contributed by atoms with Crippen molar-refractivity contribution < 1.29 is 9.53 Å². The van der Waals surface area contributed by atoms with Gasteiger partial charge in [0.15, 0.2) is 0 Å². The lowest BCUT2D eigenvalue weighted by atomic mass is 10.2. The predicted molar refractivity (Wildman–Crippen MR) is 96.5 cm³/mol. The van der Waals surface area contributed by atoms with E-state index in [0.29, 0.717) is 12.3 Å². The molecule has 0 aliphatic carbocycles. The maximum Gasteiger partial charge on any atom is 0.410 e. The number of carbonyl (C=O) groups is 1. The molecule has 0 bridgehead atoms. The number of nitrogens with zero attached hydrogens (tertiary/aromatic N) is 6. The first-order chi connectivity index (χ1) is 11.5. The summed E-state index contributed by atoms with van der Waals surface area (Å²) < 4.78 is 6.94. The topological polar surface area (TPSA) is 76.4 Å². The normalized spacial score (nSPS) is 20.6. The summed E-state index contributed by atoms with van der Waals surface area (Å²) in [4.78, 5) is 15.9. The highest BCUT2D eigenvalue weighted by Crippen LogP contribution is 2.27. The van der Waals surface area contributed by atoms with E-state index in [9.17, 15) is 4.79 Å². The number of thioether (sulfide) groups is 1. The van der Waals surface area contributed by atoms with Crippen LogP contribution in [-0.2, 0) is 11.3 Å². The van der Waals surface area contributed by atoms with Crippen LogP contribution in [0.25, 0.3) is 0 Å². The molecule has 1 aromatic rings. The molecule has 2 heterocycles. The van der Waals surface area contributed by atoms with Crippen molar-refractivity contribution in [1.29, 1.82) is 0 Å². The van der Waals surface area contributed by atoms with Crippen LogP contribution in [0.5, 0.6) is 0 Å². The Labute approximate surface area is 152 Å². The summed E-state index contributed by atoms with van der Waals surface area (Å²) in [5.41, 5.74) is 0. The fourth-order valence-corrected chi connectivity index (χ4v) is 3.84. The van der Waals surface area contributed by atoms with Gasteiger partial charge < -0.3 is 14.5 Å². The first kappa shape index (κ1) is 19.1. The SMILES string of the molecule is C=CCOC(=O)N1CC(S)CC1CSc1nnnn1CCN(C)C. The van der Waals surface area contributed by atoms with E-state index in [2.05, 4.69) is 39.6 Å². The van der Waals surface area contributed by atoms with Crippen molar-refractivity contribution in [3.63, 3.8) is 0 Å². The van der Waals surface area contributed by atoms with Crippen LogP contribution in [0.3, 0.4) is 0 Å². The standard InChI is InChI=1S/C14H24N6O2S2/c1-4-7-22-14(21)19-9-12(23)8-11(19)10-24-13-15-16-17-20(13)6-5-18(2)3/h4,11-12,23H,1,5-10H2,2-3H3. The van der Waals surface area contributed by atoms with Crippen LogP contribution in [0.15, 0.2) is 17.8 Å². The Balaban J connectivity index is 1.91. The number of likely N-dealkylation sites (tertiary alicyclic amines) is 1. The Morgan fingerprint density at radius 2 is 2.38 bits per heavy atom. The van der Waals surface area contributed by atoms with E-state index in [1.54, 1.807) is 27.4 Å². The number of likely N-dealkylation sites (N-methyl/N-ethyl adjacent to an activating group) is 1. The van der Waals surface area contributed by atoms with Gasteiger partial charge in [-0.25, -0.2) is 9.48 Å². The van der Waals surface area contributed by atoms with Gasteiger partial charge >= 0.3 is 6.09 Å². The van der Waals surface area contributed by atoms with E-state index >= 15 is 0 Å². The van der Waals surface area contributed by atoms with E-state index < -0.39 is 0 Å². The maximum absolute atomic E-state index is 12.1. The summed E-state index contributed by atoms with van der Waals surface area (Å²) in [5.74, 6) is 0.711. The van der Waals surface area contributed by atoms with Gasteiger partial charge in [0, 0.05) is 30.1 Å². The second-order valence-corrected chi connectivity index (χ2v) is 7.58. The van der Waals surface area contributed by atoms with Crippen LogP contribution in [-0.4, -0.2) is 86.9 Å². The lowest BCUT2D eigenvalue weighted by Crippen LogP contribution is -2.37. The quantitative estimate of drug-likeness (QED) is 0.415. The summed E-state index contributed by atoms with van der Waals surface area (Å²) >= 11 is 6.07. The molecule has 1 fully saturated rings. The third kappa shape index (κ3) is 5.38. The van der Waals surface area contributed by atoms with Gasteiger partial charge in [-0.3, -0.25) is 0 Å². The molecular formula is C14H24N6O2S2. The van der Waals surface area contributed by atoms with Gasteiger partial charge in [-0.15, -0.1) is 5.10 Å². The molecule has 1 aliphatic heterocycles. The monoisotopic (exact) mass is 372 g/mol. The highest BCUT2D eigenvalue weighted by atomic mass is 32.2. The Bertz CT molecular complexity index is 553. The Kier molecular flexibility index (Phi) is 7.38. The molecule has 0 saturated carbocycles. The molecule has 8 nitrogen and oxygen atoms in total. The zero-order chi connectivity index (χ0) is 17.5. The zero-order valence-corrected chi connectivity index (χ0v) is 15.7. The third-order valence-electron chi connectivity index (χ3n) is 3.61. The number of carbonyl (C=O) groups excluding carboxylic acids is 1. The largest absolute Gasteiger partial charge is 0.445 e. The molecule has 0 aromatic carbocycles. The summed E-state index contributed by atoms with van der Waals surface area (Å²) in [6.45, 7) is 5.96. The third-order valence-corrected chi connectivity index (χ3v) is 5.09. The molecule has 1 amide bonds. The van der Waals surface area contributed by atoms with Crippen LogP contribution in [0.1, 0.15) is 6.42 Å². The minimum Gasteiger partial charge on any atom is -0.445 e. The highest BCUT2D eigenvalue weighted by molar-refractivity contribution is 7.99. The van der Waals surface area contributed by atoms with Crippen LogP contribution in [0, 0.1) is 0 Å². The summed E-state index contributed by atoms with van der Waals surface area (Å²) in [6, 6.07) is 0.0637. The first-order valence-electron chi connectivity index (χ1n) is 7.77. The smallest absolute Gasteiger partial charge is 0.410 e. The molecule has 1 aromatic heterocycles. The average molecular weight is 373 g/mol. The summed E-state index contributed by atoms with van der Waals surface area (Å²) in [5, 5.41) is 12.8. The van der Waals surface area contributed by atoms with Crippen LogP contribution < -0.4 is 0 Å². The van der Waals surface area contributed by atoms with Crippen molar-refractivity contribution in [1.82, 2.24) is 30.0 Å². The second-order valence-electron chi connectivity index (χ2n) is 5.86. The predicted octanol–water partition coefficient (Wildman–Crippen LogP) is 1.02. The molecule has 0 spiro atoms. The van der Waals surface area contributed by atoms with Crippen molar-refractivity contribution >= 4 is 30.5 Å². The number of hydrogen-bond donors (Lipinski definition) is 1. The van der Waals surface area contributed by atoms with E-state index in [1.165, 1.54) is 0 Å². The molecular weight excluding hydrogens is 348 g/mol. The maximum atomic E-state index is 12.1. The molecule has 2 unspecified atom stereocenters. The van der Waals surface area contributed by atoms with Gasteiger partial charge in [-0.2, -0.15) is 12.6 Å². The fraction of sp³-hybridized carbons (Fsp3) is 0.714. The molecule has 1 aliphatic rings. The van der Waals surface area contributed by atoms with Crippen molar-refractivity contribution in [2.45, 2.75) is 29.4 Å². The van der Waals surface area contributed by atoms with Gasteiger partial charge in [0.25, 0.3) is 0 Å². The van der Waals surface area contributed by atoms with E-state index in [4.69, 9.17) is 4.74 Å². The van der Waals surface area contributed by atoms with Gasteiger partial charge in [0.05, 0.1) is 6.54 Å². The number of thiol groups is 1. The van der Waals surface area contributed by atoms with Crippen LogP contribution in [0.4, 0.5) is 4.79 Å².